The second-order valence-corrected chi connectivity index (χ2v) is 2.67. The lowest BCUT2D eigenvalue weighted by molar-refractivity contribution is 0.863. The molecule has 0 fully saturated rings. The molecule has 1 aliphatic heterocycles. The highest BCUT2D eigenvalue weighted by molar-refractivity contribution is 5.82. The average Bonchev–Trinajstić information content (AvgIpc) is 2.06. The van der Waals surface area contributed by atoms with Gasteiger partial charge in [-0.05, 0) is 11.1 Å². The lowest BCUT2D eigenvalue weighted by Crippen LogP contribution is -2.07. The quantitative estimate of drug-likeness (QED) is 0.610. The molecule has 0 unspecified atom stereocenters. The lowest BCUT2D eigenvalue weighted by Gasteiger charge is -2.06. The molecule has 1 aliphatic rings. The second kappa shape index (κ2) is 3.22. The van der Waals surface area contributed by atoms with Crippen LogP contribution in [0.25, 0.3) is 0 Å². The van der Waals surface area contributed by atoms with Crippen LogP contribution in [0, 0.1) is 0 Å². The van der Waals surface area contributed by atoms with Gasteiger partial charge in [-0.25, -0.2) is 0 Å². The first-order valence-electron chi connectivity index (χ1n) is 3.96. The average molecular weight is 158 g/mol. The summed E-state index contributed by atoms with van der Waals surface area (Å²) in [5.74, 6) is 0. The fourth-order valence-electron chi connectivity index (χ4n) is 1.21. The fourth-order valence-corrected chi connectivity index (χ4v) is 1.21. The number of benzene rings is 1. The van der Waals surface area contributed by atoms with Crippen LogP contribution in [0.2, 0.25) is 0 Å². The van der Waals surface area contributed by atoms with Crippen molar-refractivity contribution in [3.05, 3.63) is 47.8 Å². The minimum absolute atomic E-state index is 0.874. The van der Waals surface area contributed by atoms with Crippen LogP contribution >= 0.6 is 0 Å². The summed E-state index contributed by atoms with van der Waals surface area (Å²) in [6, 6.07) is 8.24. The van der Waals surface area contributed by atoms with Gasteiger partial charge in [0.25, 0.3) is 0 Å². The van der Waals surface area contributed by atoms with E-state index in [1.807, 2.05) is 24.5 Å². The molecule has 0 saturated carbocycles. The molecule has 60 valence electrons. The van der Waals surface area contributed by atoms with E-state index >= 15 is 0 Å². The van der Waals surface area contributed by atoms with E-state index in [0.717, 1.165) is 6.54 Å². The third-order valence-electron chi connectivity index (χ3n) is 1.84. The van der Waals surface area contributed by atoms with E-state index in [0.29, 0.717) is 0 Å². The SMILES string of the molecule is C1=N/C=C\NCc2ccccc21. The van der Waals surface area contributed by atoms with Crippen LogP contribution in [0.4, 0.5) is 0 Å². The van der Waals surface area contributed by atoms with Crippen molar-refractivity contribution in [2.24, 2.45) is 4.99 Å². The standard InChI is InChI=1S/C10H10N2/c1-2-4-10-8-12-6-5-11-7-9(10)3-1/h1-7,12H,8H2/b6-5-,11-7?. The Morgan fingerprint density at radius 1 is 1.25 bits per heavy atom. The van der Waals surface area contributed by atoms with Gasteiger partial charge in [-0.1, -0.05) is 24.3 Å². The molecular weight excluding hydrogens is 148 g/mol. The summed E-state index contributed by atoms with van der Waals surface area (Å²) in [5.41, 5.74) is 2.47. The molecule has 2 nitrogen and oxygen atoms in total. The highest BCUT2D eigenvalue weighted by Gasteiger charge is 1.97. The highest BCUT2D eigenvalue weighted by Crippen LogP contribution is 2.06. The van der Waals surface area contributed by atoms with Crippen LogP contribution in [-0.2, 0) is 6.54 Å². The lowest BCUT2D eigenvalue weighted by atomic mass is 10.1. The molecule has 2 rings (SSSR count). The highest BCUT2D eigenvalue weighted by atomic mass is 14.9. The molecule has 1 N–H and O–H groups in total. The third-order valence-corrected chi connectivity index (χ3v) is 1.84. The largest absolute Gasteiger partial charge is 0.386 e. The molecule has 0 atom stereocenters. The molecule has 0 aliphatic carbocycles. The van der Waals surface area contributed by atoms with Crippen LogP contribution in [0.15, 0.2) is 41.7 Å². The summed E-state index contributed by atoms with van der Waals surface area (Å²) in [4.78, 5) is 4.10. The van der Waals surface area contributed by atoms with Crippen molar-refractivity contribution in [2.75, 3.05) is 0 Å². The van der Waals surface area contributed by atoms with Gasteiger partial charge in [0.2, 0.25) is 0 Å². The van der Waals surface area contributed by atoms with Crippen LogP contribution < -0.4 is 5.32 Å². The topological polar surface area (TPSA) is 24.4 Å². The van der Waals surface area contributed by atoms with Crippen LogP contribution in [0.5, 0.6) is 0 Å². The van der Waals surface area contributed by atoms with Crippen molar-refractivity contribution < 1.29 is 0 Å². The maximum atomic E-state index is 4.10. The minimum Gasteiger partial charge on any atom is -0.386 e. The van der Waals surface area contributed by atoms with Gasteiger partial charge >= 0.3 is 0 Å². The van der Waals surface area contributed by atoms with Gasteiger partial charge in [-0.2, -0.15) is 0 Å². The predicted molar refractivity (Wildman–Crippen MR) is 50.0 cm³/mol. The summed E-state index contributed by atoms with van der Waals surface area (Å²) in [5, 5.41) is 3.15. The molecule has 0 amide bonds. The van der Waals surface area contributed by atoms with Crippen LogP contribution in [0.1, 0.15) is 11.1 Å². The maximum Gasteiger partial charge on any atom is 0.0425 e. The Morgan fingerprint density at radius 3 is 3.17 bits per heavy atom. The Balaban J connectivity index is 2.43. The van der Waals surface area contributed by atoms with Crippen molar-refractivity contribution in [3.8, 4) is 0 Å². The summed E-state index contributed by atoms with van der Waals surface area (Å²) in [6.45, 7) is 0.874. The Morgan fingerprint density at radius 2 is 2.17 bits per heavy atom. The van der Waals surface area contributed by atoms with Crippen LogP contribution in [-0.4, -0.2) is 6.21 Å². The zero-order chi connectivity index (χ0) is 8.23. The zero-order valence-corrected chi connectivity index (χ0v) is 6.70. The molecule has 0 bridgehead atoms. The van der Waals surface area contributed by atoms with Gasteiger partial charge in [-0.15, -0.1) is 0 Å². The smallest absolute Gasteiger partial charge is 0.0425 e. The molecule has 1 heterocycles. The summed E-state index contributed by atoms with van der Waals surface area (Å²) in [7, 11) is 0. The Labute approximate surface area is 71.6 Å². The van der Waals surface area contributed by atoms with Crippen molar-refractivity contribution in [3.63, 3.8) is 0 Å². The number of hydrogen-bond donors (Lipinski definition) is 1. The first-order valence-corrected chi connectivity index (χ1v) is 3.96. The maximum absolute atomic E-state index is 4.10. The van der Waals surface area contributed by atoms with Crippen molar-refractivity contribution in [1.82, 2.24) is 5.32 Å². The number of fused-ring (bicyclic) bond motifs is 1. The molecule has 0 saturated heterocycles. The Kier molecular flexibility index (Phi) is 1.90. The van der Waals surface area contributed by atoms with Gasteiger partial charge < -0.3 is 5.32 Å². The van der Waals surface area contributed by atoms with E-state index in [1.54, 1.807) is 6.20 Å². The van der Waals surface area contributed by atoms with Crippen LogP contribution in [0.3, 0.4) is 0 Å². The van der Waals surface area contributed by atoms with Gasteiger partial charge in [0, 0.05) is 25.2 Å². The summed E-state index contributed by atoms with van der Waals surface area (Å²) >= 11 is 0. The van der Waals surface area contributed by atoms with Gasteiger partial charge in [0.05, 0.1) is 0 Å². The number of hydrogen-bond acceptors (Lipinski definition) is 2. The second-order valence-electron chi connectivity index (χ2n) is 2.67. The number of nitrogens with zero attached hydrogens (tertiary/aromatic N) is 1. The minimum atomic E-state index is 0.874. The first kappa shape index (κ1) is 7.10. The summed E-state index contributed by atoms with van der Waals surface area (Å²) < 4.78 is 0. The molecule has 1 aromatic carbocycles. The van der Waals surface area contributed by atoms with E-state index in [-0.39, 0.29) is 0 Å². The zero-order valence-electron chi connectivity index (χ0n) is 6.70. The van der Waals surface area contributed by atoms with Gasteiger partial charge in [0.15, 0.2) is 0 Å². The van der Waals surface area contributed by atoms with Crippen molar-refractivity contribution in [1.29, 1.82) is 0 Å². The molecule has 0 radical (unpaired) electrons. The van der Waals surface area contributed by atoms with E-state index in [1.165, 1.54) is 11.1 Å². The van der Waals surface area contributed by atoms with E-state index < -0.39 is 0 Å². The molecule has 12 heavy (non-hydrogen) atoms. The van der Waals surface area contributed by atoms with Crippen molar-refractivity contribution in [2.45, 2.75) is 6.54 Å². The van der Waals surface area contributed by atoms with E-state index in [4.69, 9.17) is 0 Å². The number of aliphatic imine (C=N–C) groups is 1. The Hall–Kier alpha value is -1.57. The predicted octanol–water partition coefficient (Wildman–Crippen LogP) is 1.68. The normalized spacial score (nSPS) is 17.0. The van der Waals surface area contributed by atoms with E-state index in [9.17, 15) is 0 Å². The molecule has 1 aromatic rings. The molecule has 0 aromatic heterocycles. The fraction of sp³-hybridized carbons (Fsp3) is 0.100. The molecule has 2 heteroatoms. The summed E-state index contributed by atoms with van der Waals surface area (Å²) in [6.07, 6.45) is 5.50. The number of nitrogens with one attached hydrogen (secondary N) is 1. The van der Waals surface area contributed by atoms with Gasteiger partial charge in [-0.3, -0.25) is 4.99 Å². The van der Waals surface area contributed by atoms with Crippen molar-refractivity contribution >= 4 is 6.21 Å². The monoisotopic (exact) mass is 158 g/mol. The number of rotatable bonds is 0. The first-order chi connectivity index (χ1) is 5.97. The third kappa shape index (κ3) is 1.37. The molecule has 0 spiro atoms. The molecular formula is C10H10N2. The Bertz CT molecular complexity index is 326. The van der Waals surface area contributed by atoms with Gasteiger partial charge in [0.1, 0.15) is 0 Å². The van der Waals surface area contributed by atoms with E-state index in [2.05, 4.69) is 22.4 Å².